The summed E-state index contributed by atoms with van der Waals surface area (Å²) in [4.78, 5) is 9.74. The lowest BCUT2D eigenvalue weighted by Crippen LogP contribution is -2.06. The molecule has 0 fully saturated rings. The van der Waals surface area contributed by atoms with Crippen LogP contribution in [-0.2, 0) is 12.8 Å². The number of hydrogen-bond acceptors (Lipinski definition) is 2. The van der Waals surface area contributed by atoms with Gasteiger partial charge in [-0.2, -0.15) is 0 Å². The highest BCUT2D eigenvalue weighted by atomic mass is 14.8. The van der Waals surface area contributed by atoms with Crippen molar-refractivity contribution < 1.29 is 0 Å². The number of aromatic nitrogens is 2. The van der Waals surface area contributed by atoms with Crippen molar-refractivity contribution in [3.63, 3.8) is 0 Å². The molecular weight excluding hydrogens is 292 g/mol. The van der Waals surface area contributed by atoms with Gasteiger partial charge in [-0.1, -0.05) is 78.1 Å². The van der Waals surface area contributed by atoms with Crippen LogP contribution in [-0.4, -0.2) is 9.97 Å². The van der Waals surface area contributed by atoms with Crippen LogP contribution >= 0.6 is 0 Å². The van der Waals surface area contributed by atoms with Gasteiger partial charge in [0.1, 0.15) is 0 Å². The van der Waals surface area contributed by atoms with E-state index in [-0.39, 0.29) is 0 Å². The van der Waals surface area contributed by atoms with Crippen LogP contribution in [0.2, 0.25) is 0 Å². The number of aryl methyl sites for hydroxylation is 4. The third-order valence-electron chi connectivity index (χ3n) is 5.00. The zero-order chi connectivity index (χ0) is 17.6. The summed E-state index contributed by atoms with van der Waals surface area (Å²) < 4.78 is 0. The van der Waals surface area contributed by atoms with Gasteiger partial charge in [0.05, 0.1) is 22.8 Å². The summed E-state index contributed by atoms with van der Waals surface area (Å²) in [6.45, 7) is 8.75. The molecule has 0 unspecified atom stereocenters. The van der Waals surface area contributed by atoms with Crippen LogP contribution in [0.5, 0.6) is 0 Å². The molecule has 24 heavy (non-hydrogen) atoms. The summed E-state index contributed by atoms with van der Waals surface area (Å²) in [7, 11) is 0. The Morgan fingerprint density at radius 2 is 0.833 bits per heavy atom. The van der Waals surface area contributed by atoms with E-state index in [0.717, 1.165) is 24.2 Å². The topological polar surface area (TPSA) is 25.8 Å². The van der Waals surface area contributed by atoms with Crippen molar-refractivity contribution in [3.8, 4) is 0 Å². The lowest BCUT2D eigenvalue weighted by Gasteiger charge is -2.11. The first-order chi connectivity index (χ1) is 11.7. The van der Waals surface area contributed by atoms with E-state index in [1.165, 1.54) is 88.4 Å². The molecule has 0 radical (unpaired) electrons. The standard InChI is InChI=1S/C22H40N2/c1-5-7-9-11-13-15-17-21-22(24-20(4)19(3)23-21)18-16-14-12-10-8-6-2/h5-18H2,1-4H3. The molecular formula is C22H40N2. The molecule has 2 nitrogen and oxygen atoms in total. The van der Waals surface area contributed by atoms with Gasteiger partial charge >= 0.3 is 0 Å². The van der Waals surface area contributed by atoms with Crippen molar-refractivity contribution >= 4 is 0 Å². The van der Waals surface area contributed by atoms with Crippen LogP contribution < -0.4 is 0 Å². The molecule has 0 atom stereocenters. The normalized spacial score (nSPS) is 11.2. The highest BCUT2D eigenvalue weighted by Gasteiger charge is 2.09. The highest BCUT2D eigenvalue weighted by molar-refractivity contribution is 5.19. The molecule has 1 rings (SSSR count). The van der Waals surface area contributed by atoms with Crippen molar-refractivity contribution in [2.45, 2.75) is 118 Å². The van der Waals surface area contributed by atoms with E-state index < -0.39 is 0 Å². The van der Waals surface area contributed by atoms with Gasteiger partial charge in [0, 0.05) is 0 Å². The Kier molecular flexibility index (Phi) is 11.8. The average molecular weight is 333 g/mol. The summed E-state index contributed by atoms with van der Waals surface area (Å²) >= 11 is 0. The summed E-state index contributed by atoms with van der Waals surface area (Å²) in [6.07, 6.45) is 18.4. The van der Waals surface area contributed by atoms with E-state index in [1.54, 1.807) is 0 Å². The average Bonchev–Trinajstić information content (AvgIpc) is 2.57. The molecule has 2 heteroatoms. The number of unbranched alkanes of at least 4 members (excludes halogenated alkanes) is 10. The predicted octanol–water partition coefficient (Wildman–Crippen LogP) is 6.90. The molecule has 1 aromatic rings. The molecule has 0 bridgehead atoms. The van der Waals surface area contributed by atoms with Crippen LogP contribution in [0.4, 0.5) is 0 Å². The van der Waals surface area contributed by atoms with Gasteiger partial charge in [0.25, 0.3) is 0 Å². The summed E-state index contributed by atoms with van der Waals surface area (Å²) in [5.41, 5.74) is 4.79. The van der Waals surface area contributed by atoms with E-state index in [2.05, 4.69) is 27.7 Å². The minimum atomic E-state index is 1.11. The summed E-state index contributed by atoms with van der Waals surface area (Å²) in [5, 5.41) is 0. The van der Waals surface area contributed by atoms with Crippen LogP contribution in [0.1, 0.15) is 114 Å². The fourth-order valence-electron chi connectivity index (χ4n) is 3.24. The molecule has 0 aliphatic rings. The maximum atomic E-state index is 4.87. The van der Waals surface area contributed by atoms with Gasteiger partial charge in [0.2, 0.25) is 0 Å². The highest BCUT2D eigenvalue weighted by Crippen LogP contribution is 2.16. The van der Waals surface area contributed by atoms with Crippen LogP contribution in [0.3, 0.4) is 0 Å². The van der Waals surface area contributed by atoms with Gasteiger partial charge in [-0.3, -0.25) is 9.97 Å². The Labute approximate surface area is 150 Å². The third-order valence-corrected chi connectivity index (χ3v) is 5.00. The third kappa shape index (κ3) is 8.80. The number of nitrogens with zero attached hydrogens (tertiary/aromatic N) is 2. The molecule has 138 valence electrons. The molecule has 0 saturated heterocycles. The van der Waals surface area contributed by atoms with E-state index in [4.69, 9.17) is 9.97 Å². The van der Waals surface area contributed by atoms with Crippen LogP contribution in [0.25, 0.3) is 0 Å². The van der Waals surface area contributed by atoms with Gasteiger partial charge in [0.15, 0.2) is 0 Å². The number of hydrogen-bond donors (Lipinski definition) is 0. The maximum Gasteiger partial charge on any atom is 0.0622 e. The first kappa shape index (κ1) is 21.1. The van der Waals surface area contributed by atoms with E-state index in [9.17, 15) is 0 Å². The second-order valence-electron chi connectivity index (χ2n) is 7.32. The number of rotatable bonds is 14. The minimum Gasteiger partial charge on any atom is -0.254 e. The fourth-order valence-corrected chi connectivity index (χ4v) is 3.24. The molecule has 0 N–H and O–H groups in total. The molecule has 0 aliphatic heterocycles. The van der Waals surface area contributed by atoms with Crippen molar-refractivity contribution in [2.75, 3.05) is 0 Å². The maximum absolute atomic E-state index is 4.87. The van der Waals surface area contributed by atoms with Gasteiger partial charge in [-0.15, -0.1) is 0 Å². The second kappa shape index (κ2) is 13.4. The first-order valence-electron chi connectivity index (χ1n) is 10.5. The van der Waals surface area contributed by atoms with E-state index >= 15 is 0 Å². The predicted molar refractivity (Wildman–Crippen MR) is 106 cm³/mol. The van der Waals surface area contributed by atoms with E-state index in [0.29, 0.717) is 0 Å². The van der Waals surface area contributed by atoms with Crippen molar-refractivity contribution in [1.82, 2.24) is 9.97 Å². The molecule has 1 heterocycles. The Morgan fingerprint density at radius 3 is 1.21 bits per heavy atom. The Balaban J connectivity index is 2.42. The Hall–Kier alpha value is -0.920. The zero-order valence-electron chi connectivity index (χ0n) is 16.8. The molecule has 0 saturated carbocycles. The van der Waals surface area contributed by atoms with Crippen molar-refractivity contribution in [1.29, 1.82) is 0 Å². The monoisotopic (exact) mass is 332 g/mol. The van der Waals surface area contributed by atoms with Crippen LogP contribution in [0, 0.1) is 13.8 Å². The zero-order valence-corrected chi connectivity index (χ0v) is 16.8. The van der Waals surface area contributed by atoms with E-state index in [1.807, 2.05) is 0 Å². The Morgan fingerprint density at radius 1 is 0.500 bits per heavy atom. The molecule has 0 aromatic carbocycles. The lowest BCUT2D eigenvalue weighted by molar-refractivity contribution is 0.590. The van der Waals surface area contributed by atoms with Gasteiger partial charge < -0.3 is 0 Å². The summed E-state index contributed by atoms with van der Waals surface area (Å²) in [6, 6.07) is 0. The molecule has 0 amide bonds. The fraction of sp³-hybridized carbons (Fsp3) is 0.818. The van der Waals surface area contributed by atoms with Crippen molar-refractivity contribution in [3.05, 3.63) is 22.8 Å². The van der Waals surface area contributed by atoms with Crippen LogP contribution in [0.15, 0.2) is 0 Å². The first-order valence-corrected chi connectivity index (χ1v) is 10.5. The molecule has 1 aromatic heterocycles. The van der Waals surface area contributed by atoms with Gasteiger partial charge in [-0.25, -0.2) is 0 Å². The largest absolute Gasteiger partial charge is 0.254 e. The SMILES string of the molecule is CCCCCCCCc1nc(C)c(C)nc1CCCCCCCC. The van der Waals surface area contributed by atoms with Crippen molar-refractivity contribution in [2.24, 2.45) is 0 Å². The summed E-state index contributed by atoms with van der Waals surface area (Å²) in [5.74, 6) is 0. The lowest BCUT2D eigenvalue weighted by atomic mass is 10.0. The van der Waals surface area contributed by atoms with Gasteiger partial charge in [-0.05, 0) is 39.5 Å². The second-order valence-corrected chi connectivity index (χ2v) is 7.32. The molecule has 0 aliphatic carbocycles. The minimum absolute atomic E-state index is 1.11. The quantitative estimate of drug-likeness (QED) is 0.346. The Bertz CT molecular complexity index is 399. The smallest absolute Gasteiger partial charge is 0.0622 e. The molecule has 0 spiro atoms.